The molecule has 0 saturated carbocycles. The van der Waals surface area contributed by atoms with Crippen molar-refractivity contribution in [2.75, 3.05) is 33.6 Å². The number of nitrogens with zero attached hydrogens (tertiary/aromatic N) is 1. The minimum Gasteiger partial charge on any atom is -0.497 e. The zero-order chi connectivity index (χ0) is 12.0. The predicted molar refractivity (Wildman–Crippen MR) is 69.7 cm³/mol. The van der Waals surface area contributed by atoms with E-state index in [0.29, 0.717) is 0 Å². The maximum absolute atomic E-state index is 5.32. The van der Waals surface area contributed by atoms with Gasteiger partial charge < -0.3 is 14.4 Å². The molecule has 0 heterocycles. The van der Waals surface area contributed by atoms with Gasteiger partial charge in [-0.3, -0.25) is 0 Å². The van der Waals surface area contributed by atoms with Crippen molar-refractivity contribution in [3.63, 3.8) is 0 Å². The SMILES string of the molecule is COc1ccc(OC)c(CN(C)CCS)c1. The van der Waals surface area contributed by atoms with Crippen molar-refractivity contribution < 1.29 is 9.47 Å². The third-order valence-corrected chi connectivity index (χ3v) is 2.61. The van der Waals surface area contributed by atoms with Crippen LogP contribution >= 0.6 is 12.6 Å². The van der Waals surface area contributed by atoms with E-state index in [2.05, 4.69) is 24.6 Å². The number of benzene rings is 1. The van der Waals surface area contributed by atoms with E-state index in [-0.39, 0.29) is 0 Å². The molecule has 0 saturated heterocycles. The average Bonchev–Trinajstić information content (AvgIpc) is 2.29. The molecule has 1 rings (SSSR count). The van der Waals surface area contributed by atoms with Crippen LogP contribution in [0, 0.1) is 0 Å². The van der Waals surface area contributed by atoms with Gasteiger partial charge in [0.05, 0.1) is 14.2 Å². The van der Waals surface area contributed by atoms with Gasteiger partial charge in [-0.15, -0.1) is 0 Å². The Hall–Kier alpha value is -0.870. The molecular weight excluding hydrogens is 222 g/mol. The monoisotopic (exact) mass is 241 g/mol. The first-order chi connectivity index (χ1) is 7.71. The lowest BCUT2D eigenvalue weighted by Crippen LogP contribution is -2.20. The van der Waals surface area contributed by atoms with Gasteiger partial charge in [-0.05, 0) is 25.2 Å². The van der Waals surface area contributed by atoms with Crippen LogP contribution in [-0.4, -0.2) is 38.5 Å². The molecule has 16 heavy (non-hydrogen) atoms. The largest absolute Gasteiger partial charge is 0.497 e. The van der Waals surface area contributed by atoms with Crippen molar-refractivity contribution >= 4 is 12.6 Å². The molecule has 0 aromatic heterocycles. The van der Waals surface area contributed by atoms with E-state index in [1.807, 2.05) is 18.2 Å². The fraction of sp³-hybridized carbons (Fsp3) is 0.500. The third-order valence-electron chi connectivity index (χ3n) is 2.41. The van der Waals surface area contributed by atoms with Gasteiger partial charge in [0.15, 0.2) is 0 Å². The second-order valence-electron chi connectivity index (χ2n) is 3.64. The molecule has 1 aromatic carbocycles. The summed E-state index contributed by atoms with van der Waals surface area (Å²) >= 11 is 4.22. The van der Waals surface area contributed by atoms with Crippen LogP contribution < -0.4 is 9.47 Å². The number of thiol groups is 1. The Balaban J connectivity index is 2.82. The highest BCUT2D eigenvalue weighted by atomic mass is 32.1. The van der Waals surface area contributed by atoms with Gasteiger partial charge in [-0.1, -0.05) is 0 Å². The summed E-state index contributed by atoms with van der Waals surface area (Å²) in [5, 5.41) is 0. The van der Waals surface area contributed by atoms with Gasteiger partial charge in [0.25, 0.3) is 0 Å². The van der Waals surface area contributed by atoms with Crippen molar-refractivity contribution in [3.05, 3.63) is 23.8 Å². The van der Waals surface area contributed by atoms with Crippen LogP contribution in [0.25, 0.3) is 0 Å². The first-order valence-corrected chi connectivity index (χ1v) is 5.84. The Labute approximate surface area is 103 Å². The average molecular weight is 241 g/mol. The quantitative estimate of drug-likeness (QED) is 0.771. The number of hydrogen-bond acceptors (Lipinski definition) is 4. The maximum atomic E-state index is 5.32. The highest BCUT2D eigenvalue weighted by molar-refractivity contribution is 7.80. The second kappa shape index (κ2) is 6.66. The highest BCUT2D eigenvalue weighted by Crippen LogP contribution is 2.24. The molecule has 3 nitrogen and oxygen atoms in total. The summed E-state index contributed by atoms with van der Waals surface area (Å²) in [7, 11) is 5.42. The minimum atomic E-state index is 0.834. The summed E-state index contributed by atoms with van der Waals surface area (Å²) in [6.07, 6.45) is 0. The van der Waals surface area contributed by atoms with Crippen molar-refractivity contribution in [3.8, 4) is 11.5 Å². The lowest BCUT2D eigenvalue weighted by molar-refractivity contribution is 0.333. The summed E-state index contributed by atoms with van der Waals surface area (Å²) in [6.45, 7) is 1.78. The van der Waals surface area contributed by atoms with Crippen LogP contribution in [-0.2, 0) is 6.54 Å². The Bertz CT molecular complexity index is 331. The van der Waals surface area contributed by atoms with E-state index in [0.717, 1.165) is 35.9 Å². The fourth-order valence-corrected chi connectivity index (χ4v) is 1.89. The molecule has 90 valence electrons. The van der Waals surface area contributed by atoms with Crippen LogP contribution in [0.5, 0.6) is 11.5 Å². The standard InChI is InChI=1S/C12H19NO2S/c1-13(6-7-16)9-10-8-11(14-2)4-5-12(10)15-3/h4-5,8,16H,6-7,9H2,1-3H3. The Morgan fingerprint density at radius 3 is 2.56 bits per heavy atom. The molecular formula is C12H19NO2S. The van der Waals surface area contributed by atoms with Crippen molar-refractivity contribution in [1.82, 2.24) is 4.90 Å². The smallest absolute Gasteiger partial charge is 0.123 e. The maximum Gasteiger partial charge on any atom is 0.123 e. The molecule has 4 heteroatoms. The second-order valence-corrected chi connectivity index (χ2v) is 4.09. The normalized spacial score (nSPS) is 10.6. The lowest BCUT2D eigenvalue weighted by Gasteiger charge is -2.17. The predicted octanol–water partition coefficient (Wildman–Crippen LogP) is 2.07. The molecule has 0 radical (unpaired) electrons. The van der Waals surface area contributed by atoms with E-state index >= 15 is 0 Å². The number of methoxy groups -OCH3 is 2. The molecule has 0 aliphatic carbocycles. The Kier molecular flexibility index (Phi) is 5.49. The van der Waals surface area contributed by atoms with Gasteiger partial charge in [0.1, 0.15) is 11.5 Å². The van der Waals surface area contributed by atoms with E-state index in [9.17, 15) is 0 Å². The number of hydrogen-bond donors (Lipinski definition) is 1. The summed E-state index contributed by atoms with van der Waals surface area (Å²) in [4.78, 5) is 2.20. The molecule has 0 aliphatic heterocycles. The zero-order valence-corrected chi connectivity index (χ0v) is 11.0. The van der Waals surface area contributed by atoms with Gasteiger partial charge >= 0.3 is 0 Å². The van der Waals surface area contributed by atoms with E-state index in [4.69, 9.17) is 9.47 Å². The molecule has 0 spiro atoms. The van der Waals surface area contributed by atoms with E-state index < -0.39 is 0 Å². The van der Waals surface area contributed by atoms with Gasteiger partial charge in [-0.25, -0.2) is 0 Å². The summed E-state index contributed by atoms with van der Waals surface area (Å²) < 4.78 is 10.5. The van der Waals surface area contributed by atoms with Crippen molar-refractivity contribution in [2.45, 2.75) is 6.54 Å². The highest BCUT2D eigenvalue weighted by Gasteiger charge is 2.07. The summed E-state index contributed by atoms with van der Waals surface area (Å²) in [6, 6.07) is 5.84. The topological polar surface area (TPSA) is 21.7 Å². The molecule has 0 fully saturated rings. The van der Waals surface area contributed by atoms with Crippen LogP contribution in [0.2, 0.25) is 0 Å². The molecule has 0 unspecified atom stereocenters. The Morgan fingerprint density at radius 2 is 2.00 bits per heavy atom. The summed E-state index contributed by atoms with van der Waals surface area (Å²) in [5.74, 6) is 2.60. The van der Waals surface area contributed by atoms with Crippen molar-refractivity contribution in [2.24, 2.45) is 0 Å². The van der Waals surface area contributed by atoms with Crippen LogP contribution in [0.1, 0.15) is 5.56 Å². The van der Waals surface area contributed by atoms with Crippen LogP contribution in [0.15, 0.2) is 18.2 Å². The molecule has 0 N–H and O–H groups in total. The molecule has 1 aromatic rings. The van der Waals surface area contributed by atoms with Crippen LogP contribution in [0.4, 0.5) is 0 Å². The van der Waals surface area contributed by atoms with E-state index in [1.165, 1.54) is 0 Å². The number of ether oxygens (including phenoxy) is 2. The zero-order valence-electron chi connectivity index (χ0n) is 10.1. The molecule has 0 atom stereocenters. The lowest BCUT2D eigenvalue weighted by atomic mass is 10.2. The van der Waals surface area contributed by atoms with E-state index in [1.54, 1.807) is 14.2 Å². The first kappa shape index (κ1) is 13.2. The van der Waals surface area contributed by atoms with Gasteiger partial charge in [-0.2, -0.15) is 12.6 Å². The molecule has 0 bridgehead atoms. The fourth-order valence-electron chi connectivity index (χ4n) is 1.55. The van der Waals surface area contributed by atoms with Crippen LogP contribution in [0.3, 0.4) is 0 Å². The van der Waals surface area contributed by atoms with Crippen molar-refractivity contribution in [1.29, 1.82) is 0 Å². The summed E-state index contributed by atoms with van der Waals surface area (Å²) in [5.41, 5.74) is 1.13. The minimum absolute atomic E-state index is 0.834. The molecule has 0 aliphatic rings. The third kappa shape index (κ3) is 3.61. The molecule has 0 amide bonds. The van der Waals surface area contributed by atoms with Gasteiger partial charge in [0, 0.05) is 24.4 Å². The Morgan fingerprint density at radius 1 is 1.25 bits per heavy atom. The first-order valence-electron chi connectivity index (χ1n) is 5.21. The number of rotatable bonds is 6. The van der Waals surface area contributed by atoms with Gasteiger partial charge in [0.2, 0.25) is 0 Å².